The summed E-state index contributed by atoms with van der Waals surface area (Å²) in [6.45, 7) is 5.90. The molecule has 122 valence electrons. The second-order valence-electron chi connectivity index (χ2n) is 6.54. The first-order valence-corrected chi connectivity index (χ1v) is 8.20. The summed E-state index contributed by atoms with van der Waals surface area (Å²) in [5.41, 5.74) is -0.832. The maximum atomic E-state index is 12.0. The Morgan fingerprint density at radius 3 is 2.67 bits per heavy atom. The molecule has 1 aliphatic carbocycles. The predicted molar refractivity (Wildman–Crippen MR) is 83.3 cm³/mol. The van der Waals surface area contributed by atoms with Crippen LogP contribution in [-0.4, -0.2) is 29.2 Å². The molecule has 0 bridgehead atoms. The zero-order valence-corrected chi connectivity index (χ0v) is 13.6. The Hall–Kier alpha value is -1.26. The van der Waals surface area contributed by atoms with Crippen LogP contribution < -0.4 is 10.6 Å². The van der Waals surface area contributed by atoms with Gasteiger partial charge in [0, 0.05) is 12.1 Å². The molecule has 3 unspecified atom stereocenters. The highest BCUT2D eigenvalue weighted by Gasteiger charge is 2.45. The van der Waals surface area contributed by atoms with Crippen LogP contribution in [0.1, 0.15) is 72.1 Å². The largest absolute Gasteiger partial charge is 0.481 e. The maximum Gasteiger partial charge on any atom is 0.315 e. The van der Waals surface area contributed by atoms with Gasteiger partial charge in [-0.05, 0) is 33.1 Å². The number of urea groups is 1. The average Bonchev–Trinajstić information content (AvgIpc) is 2.77. The summed E-state index contributed by atoms with van der Waals surface area (Å²) in [7, 11) is 0. The molecule has 3 atom stereocenters. The molecule has 1 aliphatic rings. The van der Waals surface area contributed by atoms with Gasteiger partial charge in [-0.2, -0.15) is 0 Å². The third kappa shape index (κ3) is 5.21. The van der Waals surface area contributed by atoms with Gasteiger partial charge in [0.2, 0.25) is 0 Å². The molecule has 0 heterocycles. The van der Waals surface area contributed by atoms with Gasteiger partial charge >= 0.3 is 12.0 Å². The van der Waals surface area contributed by atoms with Crippen LogP contribution in [0.2, 0.25) is 0 Å². The Labute approximate surface area is 127 Å². The summed E-state index contributed by atoms with van der Waals surface area (Å²) >= 11 is 0. The van der Waals surface area contributed by atoms with E-state index >= 15 is 0 Å². The maximum absolute atomic E-state index is 12.0. The number of unbranched alkanes of at least 4 members (excludes halogenated alkanes) is 3. The van der Waals surface area contributed by atoms with E-state index in [2.05, 4.69) is 17.6 Å². The van der Waals surface area contributed by atoms with E-state index in [4.69, 9.17) is 0 Å². The van der Waals surface area contributed by atoms with E-state index in [1.807, 2.05) is 6.92 Å². The number of carbonyl (C=O) groups excluding carboxylic acids is 1. The SMILES string of the molecule is CCCCCCC(C)NC(=O)NC1CCCC1(C)C(=O)O. The van der Waals surface area contributed by atoms with Crippen molar-refractivity contribution in [2.75, 3.05) is 0 Å². The fourth-order valence-corrected chi connectivity index (χ4v) is 3.03. The van der Waals surface area contributed by atoms with E-state index in [-0.39, 0.29) is 18.1 Å². The van der Waals surface area contributed by atoms with E-state index in [9.17, 15) is 14.7 Å². The van der Waals surface area contributed by atoms with Crippen LogP contribution in [-0.2, 0) is 4.79 Å². The van der Waals surface area contributed by atoms with Gasteiger partial charge < -0.3 is 15.7 Å². The molecule has 21 heavy (non-hydrogen) atoms. The van der Waals surface area contributed by atoms with Crippen molar-refractivity contribution in [3.8, 4) is 0 Å². The molecule has 0 saturated heterocycles. The number of aliphatic carboxylic acids is 1. The van der Waals surface area contributed by atoms with E-state index in [1.165, 1.54) is 19.3 Å². The minimum Gasteiger partial charge on any atom is -0.481 e. The van der Waals surface area contributed by atoms with Crippen molar-refractivity contribution in [2.45, 2.75) is 84.2 Å². The van der Waals surface area contributed by atoms with Gasteiger partial charge in [0.25, 0.3) is 0 Å². The molecule has 0 aromatic carbocycles. The number of hydrogen-bond acceptors (Lipinski definition) is 2. The number of carbonyl (C=O) groups is 2. The first kappa shape index (κ1) is 17.8. The van der Waals surface area contributed by atoms with E-state index in [0.717, 1.165) is 25.7 Å². The number of rotatable bonds is 8. The standard InChI is InChI=1S/C16H30N2O3/c1-4-5-6-7-9-12(2)17-15(21)18-13-10-8-11-16(13,3)14(19)20/h12-13H,4-11H2,1-3H3,(H,19,20)(H2,17,18,21). The molecule has 1 fully saturated rings. The highest BCUT2D eigenvalue weighted by Crippen LogP contribution is 2.38. The first-order valence-electron chi connectivity index (χ1n) is 8.20. The van der Waals surface area contributed by atoms with E-state index in [1.54, 1.807) is 6.92 Å². The fourth-order valence-electron chi connectivity index (χ4n) is 3.03. The Balaban J connectivity index is 2.34. The van der Waals surface area contributed by atoms with Crippen molar-refractivity contribution in [2.24, 2.45) is 5.41 Å². The highest BCUT2D eigenvalue weighted by molar-refractivity contribution is 5.79. The molecule has 3 N–H and O–H groups in total. The topological polar surface area (TPSA) is 78.4 Å². The lowest BCUT2D eigenvalue weighted by molar-refractivity contribution is -0.148. The van der Waals surface area contributed by atoms with Crippen LogP contribution >= 0.6 is 0 Å². The molecule has 2 amide bonds. The van der Waals surface area contributed by atoms with Crippen LogP contribution in [0.25, 0.3) is 0 Å². The summed E-state index contributed by atoms with van der Waals surface area (Å²) in [5, 5.41) is 15.1. The van der Waals surface area contributed by atoms with Gasteiger partial charge in [0.15, 0.2) is 0 Å². The molecule has 0 radical (unpaired) electrons. The van der Waals surface area contributed by atoms with E-state index in [0.29, 0.717) is 6.42 Å². The van der Waals surface area contributed by atoms with Crippen molar-refractivity contribution in [1.82, 2.24) is 10.6 Å². The van der Waals surface area contributed by atoms with Gasteiger partial charge in [-0.15, -0.1) is 0 Å². The number of carboxylic acid groups (broad SMARTS) is 1. The van der Waals surface area contributed by atoms with Gasteiger partial charge in [0.1, 0.15) is 0 Å². The van der Waals surface area contributed by atoms with Gasteiger partial charge in [-0.3, -0.25) is 4.79 Å². The third-order valence-electron chi connectivity index (χ3n) is 4.62. The number of hydrogen-bond donors (Lipinski definition) is 3. The Morgan fingerprint density at radius 2 is 2.05 bits per heavy atom. The zero-order chi connectivity index (χ0) is 15.9. The monoisotopic (exact) mass is 298 g/mol. The second-order valence-corrected chi connectivity index (χ2v) is 6.54. The lowest BCUT2D eigenvalue weighted by atomic mass is 9.85. The Bertz CT molecular complexity index is 359. The molecular formula is C16H30N2O3. The minimum atomic E-state index is -0.832. The van der Waals surface area contributed by atoms with Crippen molar-refractivity contribution < 1.29 is 14.7 Å². The lowest BCUT2D eigenvalue weighted by Crippen LogP contribution is -2.51. The first-order chi connectivity index (χ1) is 9.90. The normalized spacial score (nSPS) is 26.3. The number of amides is 2. The van der Waals surface area contributed by atoms with Crippen molar-refractivity contribution in [1.29, 1.82) is 0 Å². The quantitative estimate of drug-likeness (QED) is 0.602. The minimum absolute atomic E-state index is 0.124. The third-order valence-corrected chi connectivity index (χ3v) is 4.62. The van der Waals surface area contributed by atoms with Crippen LogP contribution in [0.4, 0.5) is 4.79 Å². The molecule has 0 aromatic rings. The van der Waals surface area contributed by atoms with E-state index < -0.39 is 11.4 Å². The smallest absolute Gasteiger partial charge is 0.315 e. The highest BCUT2D eigenvalue weighted by atomic mass is 16.4. The van der Waals surface area contributed by atoms with Gasteiger partial charge in [-0.25, -0.2) is 4.79 Å². The van der Waals surface area contributed by atoms with Crippen molar-refractivity contribution in [3.63, 3.8) is 0 Å². The molecule has 1 rings (SSSR count). The molecule has 1 saturated carbocycles. The predicted octanol–water partition coefficient (Wildman–Crippen LogP) is 3.29. The summed E-state index contributed by atoms with van der Waals surface area (Å²) in [6, 6.07) is -0.390. The Kier molecular flexibility index (Phi) is 6.99. The summed E-state index contributed by atoms with van der Waals surface area (Å²) in [6.07, 6.45) is 7.93. The fraction of sp³-hybridized carbons (Fsp3) is 0.875. The summed E-state index contributed by atoms with van der Waals surface area (Å²) in [4.78, 5) is 23.4. The average molecular weight is 298 g/mol. The molecule has 5 nitrogen and oxygen atoms in total. The van der Waals surface area contributed by atoms with Crippen molar-refractivity contribution in [3.05, 3.63) is 0 Å². The summed E-state index contributed by atoms with van der Waals surface area (Å²) < 4.78 is 0. The summed E-state index contributed by atoms with van der Waals surface area (Å²) in [5.74, 6) is -0.821. The van der Waals surface area contributed by atoms with Crippen LogP contribution in [0.3, 0.4) is 0 Å². The van der Waals surface area contributed by atoms with Gasteiger partial charge in [0.05, 0.1) is 5.41 Å². The lowest BCUT2D eigenvalue weighted by Gasteiger charge is -2.28. The molecule has 0 aliphatic heterocycles. The Morgan fingerprint density at radius 1 is 1.33 bits per heavy atom. The second kappa shape index (κ2) is 8.25. The van der Waals surface area contributed by atoms with Crippen LogP contribution in [0.15, 0.2) is 0 Å². The number of nitrogens with one attached hydrogen (secondary N) is 2. The van der Waals surface area contributed by atoms with Gasteiger partial charge in [-0.1, -0.05) is 39.0 Å². The zero-order valence-electron chi connectivity index (χ0n) is 13.6. The molecule has 5 heteroatoms. The molecule has 0 spiro atoms. The molecule has 0 aromatic heterocycles. The van der Waals surface area contributed by atoms with Crippen molar-refractivity contribution >= 4 is 12.0 Å². The van der Waals surface area contributed by atoms with Crippen LogP contribution in [0.5, 0.6) is 0 Å². The number of carboxylic acids is 1. The van der Waals surface area contributed by atoms with Crippen LogP contribution in [0, 0.1) is 5.41 Å². The molecular weight excluding hydrogens is 268 g/mol.